The number of nitro groups is 1. The monoisotopic (exact) mass is 443 g/mol. The average molecular weight is 444 g/mol. The third-order valence-corrected chi connectivity index (χ3v) is 6.27. The SMILES string of the molecule is C/C(=N\Nc1ccccc1)c1ccc([N+](=O)[O-])c(CS(=O)(=O)c2ccc(Cl)cc2)c1. The molecule has 3 aromatic rings. The van der Waals surface area contributed by atoms with E-state index in [4.69, 9.17) is 11.6 Å². The Morgan fingerprint density at radius 1 is 1.07 bits per heavy atom. The van der Waals surface area contributed by atoms with Crippen LogP contribution in [0.15, 0.2) is 82.8 Å². The summed E-state index contributed by atoms with van der Waals surface area (Å²) in [5, 5.41) is 16.1. The number of sulfone groups is 1. The summed E-state index contributed by atoms with van der Waals surface area (Å²) in [6.07, 6.45) is 0. The van der Waals surface area contributed by atoms with Gasteiger partial charge in [-0.1, -0.05) is 29.8 Å². The van der Waals surface area contributed by atoms with Crippen molar-refractivity contribution in [2.75, 3.05) is 5.43 Å². The molecule has 0 aliphatic rings. The summed E-state index contributed by atoms with van der Waals surface area (Å²) in [6.45, 7) is 1.73. The molecule has 0 atom stereocenters. The van der Waals surface area contributed by atoms with E-state index in [1.807, 2.05) is 30.3 Å². The molecular weight excluding hydrogens is 426 g/mol. The first-order valence-corrected chi connectivity index (χ1v) is 10.9. The highest BCUT2D eigenvalue weighted by atomic mass is 35.5. The first-order chi connectivity index (χ1) is 14.3. The highest BCUT2D eigenvalue weighted by molar-refractivity contribution is 7.90. The first-order valence-electron chi connectivity index (χ1n) is 8.87. The first kappa shape index (κ1) is 21.5. The maximum Gasteiger partial charge on any atom is 0.273 e. The number of para-hydroxylation sites is 1. The van der Waals surface area contributed by atoms with Crippen LogP contribution in [0.25, 0.3) is 0 Å². The molecule has 0 amide bonds. The van der Waals surface area contributed by atoms with Crippen molar-refractivity contribution >= 4 is 38.5 Å². The fourth-order valence-electron chi connectivity index (χ4n) is 2.76. The van der Waals surface area contributed by atoms with E-state index in [1.165, 1.54) is 36.4 Å². The van der Waals surface area contributed by atoms with Crippen LogP contribution in [-0.2, 0) is 15.6 Å². The average Bonchev–Trinajstić information content (AvgIpc) is 2.72. The Morgan fingerprint density at radius 3 is 2.37 bits per heavy atom. The Labute approximate surface area is 179 Å². The molecule has 0 unspecified atom stereocenters. The van der Waals surface area contributed by atoms with Crippen LogP contribution in [0.4, 0.5) is 11.4 Å². The van der Waals surface area contributed by atoms with Gasteiger partial charge in [0, 0.05) is 16.7 Å². The lowest BCUT2D eigenvalue weighted by molar-refractivity contribution is -0.385. The van der Waals surface area contributed by atoms with Gasteiger partial charge in [0.2, 0.25) is 0 Å². The molecule has 0 bridgehead atoms. The number of nitrogens with one attached hydrogen (secondary N) is 1. The van der Waals surface area contributed by atoms with E-state index >= 15 is 0 Å². The predicted molar refractivity (Wildman–Crippen MR) is 118 cm³/mol. The molecule has 0 heterocycles. The van der Waals surface area contributed by atoms with Crippen molar-refractivity contribution in [2.24, 2.45) is 5.10 Å². The molecule has 0 fully saturated rings. The molecule has 9 heteroatoms. The van der Waals surface area contributed by atoms with Crippen molar-refractivity contribution in [3.63, 3.8) is 0 Å². The number of rotatable bonds is 7. The molecular formula is C21H18ClN3O4S. The van der Waals surface area contributed by atoms with E-state index in [9.17, 15) is 18.5 Å². The second kappa shape index (κ2) is 9.06. The van der Waals surface area contributed by atoms with Crippen molar-refractivity contribution in [1.82, 2.24) is 0 Å². The van der Waals surface area contributed by atoms with Crippen molar-refractivity contribution in [1.29, 1.82) is 0 Å². The van der Waals surface area contributed by atoms with Crippen LogP contribution in [-0.4, -0.2) is 19.1 Å². The number of halogens is 1. The molecule has 0 aliphatic carbocycles. The van der Waals surface area contributed by atoms with Crippen LogP contribution >= 0.6 is 11.6 Å². The molecule has 0 spiro atoms. The molecule has 0 radical (unpaired) electrons. The van der Waals surface area contributed by atoms with Gasteiger partial charge in [0.15, 0.2) is 9.84 Å². The number of benzene rings is 3. The summed E-state index contributed by atoms with van der Waals surface area (Å²) in [5.74, 6) is -0.516. The van der Waals surface area contributed by atoms with E-state index in [-0.39, 0.29) is 16.1 Å². The zero-order chi connectivity index (χ0) is 21.7. The second-order valence-corrected chi connectivity index (χ2v) is 8.91. The number of hydrogen-bond acceptors (Lipinski definition) is 6. The highest BCUT2D eigenvalue weighted by Gasteiger charge is 2.23. The van der Waals surface area contributed by atoms with E-state index in [1.54, 1.807) is 13.0 Å². The number of hydrogen-bond donors (Lipinski definition) is 1. The molecule has 0 aliphatic heterocycles. The minimum Gasteiger partial charge on any atom is -0.278 e. The molecule has 154 valence electrons. The van der Waals surface area contributed by atoms with E-state index in [0.29, 0.717) is 16.3 Å². The van der Waals surface area contributed by atoms with Gasteiger partial charge in [-0.25, -0.2) is 8.42 Å². The third-order valence-electron chi connectivity index (χ3n) is 4.34. The molecule has 7 nitrogen and oxygen atoms in total. The fourth-order valence-corrected chi connectivity index (χ4v) is 4.24. The zero-order valence-corrected chi connectivity index (χ0v) is 17.5. The van der Waals surface area contributed by atoms with Gasteiger partial charge in [-0.05, 0) is 61.0 Å². The normalized spacial score (nSPS) is 11.9. The van der Waals surface area contributed by atoms with Gasteiger partial charge in [-0.3, -0.25) is 15.5 Å². The molecule has 1 N–H and O–H groups in total. The molecule has 0 saturated heterocycles. The number of anilines is 1. The van der Waals surface area contributed by atoms with Crippen molar-refractivity contribution in [2.45, 2.75) is 17.6 Å². The van der Waals surface area contributed by atoms with Gasteiger partial charge in [-0.15, -0.1) is 0 Å². The second-order valence-electron chi connectivity index (χ2n) is 6.49. The van der Waals surface area contributed by atoms with Crippen LogP contribution in [0, 0.1) is 10.1 Å². The summed E-state index contributed by atoms with van der Waals surface area (Å²) >= 11 is 5.82. The largest absolute Gasteiger partial charge is 0.278 e. The standard InChI is InChI=1S/C21H18ClN3O4S/c1-15(23-24-19-5-3-2-4-6-19)16-7-12-21(25(26)27)17(13-16)14-30(28,29)20-10-8-18(22)9-11-20/h2-13,24H,14H2,1H3/b23-15+. The minimum absolute atomic E-state index is 0.0442. The van der Waals surface area contributed by atoms with Crippen molar-refractivity contribution in [3.05, 3.63) is 99.1 Å². The Hall–Kier alpha value is -3.23. The maximum atomic E-state index is 12.8. The fraction of sp³-hybridized carbons (Fsp3) is 0.0952. The Bertz CT molecular complexity index is 1190. The van der Waals surface area contributed by atoms with Gasteiger partial charge in [0.05, 0.1) is 27.0 Å². The van der Waals surface area contributed by atoms with Gasteiger partial charge in [0.1, 0.15) is 0 Å². The maximum absolute atomic E-state index is 12.8. The molecule has 30 heavy (non-hydrogen) atoms. The van der Waals surface area contributed by atoms with E-state index in [0.717, 1.165) is 5.69 Å². The minimum atomic E-state index is -3.80. The van der Waals surface area contributed by atoms with Gasteiger partial charge in [0.25, 0.3) is 5.69 Å². The van der Waals surface area contributed by atoms with Gasteiger partial charge in [-0.2, -0.15) is 5.10 Å². The quantitative estimate of drug-likeness (QED) is 0.312. The van der Waals surface area contributed by atoms with Crippen molar-refractivity contribution in [3.8, 4) is 0 Å². The summed E-state index contributed by atoms with van der Waals surface area (Å²) in [4.78, 5) is 10.9. The summed E-state index contributed by atoms with van der Waals surface area (Å²) in [7, 11) is -3.80. The van der Waals surface area contributed by atoms with Crippen LogP contribution in [0.2, 0.25) is 5.02 Å². The lowest BCUT2D eigenvalue weighted by Gasteiger charge is -2.09. The third kappa shape index (κ3) is 5.22. The molecule has 3 aromatic carbocycles. The topological polar surface area (TPSA) is 102 Å². The highest BCUT2D eigenvalue weighted by Crippen LogP contribution is 2.26. The summed E-state index contributed by atoms with van der Waals surface area (Å²) < 4.78 is 25.5. The van der Waals surface area contributed by atoms with Crippen LogP contribution in [0.5, 0.6) is 0 Å². The van der Waals surface area contributed by atoms with Crippen LogP contribution in [0.1, 0.15) is 18.1 Å². The predicted octanol–water partition coefficient (Wildman–Crippen LogP) is 5.06. The molecule has 0 saturated carbocycles. The Morgan fingerprint density at radius 2 is 1.73 bits per heavy atom. The van der Waals surface area contributed by atoms with Gasteiger partial charge >= 0.3 is 0 Å². The lowest BCUT2D eigenvalue weighted by Crippen LogP contribution is -2.09. The smallest absolute Gasteiger partial charge is 0.273 e. The van der Waals surface area contributed by atoms with E-state index in [2.05, 4.69) is 10.5 Å². The number of nitro benzene ring substituents is 1. The Balaban J connectivity index is 1.93. The lowest BCUT2D eigenvalue weighted by atomic mass is 10.1. The summed E-state index contributed by atoms with van der Waals surface area (Å²) in [6, 6.07) is 19.3. The number of hydrazone groups is 1. The van der Waals surface area contributed by atoms with Gasteiger partial charge < -0.3 is 0 Å². The van der Waals surface area contributed by atoms with Crippen LogP contribution < -0.4 is 5.43 Å². The van der Waals surface area contributed by atoms with E-state index < -0.39 is 20.5 Å². The zero-order valence-electron chi connectivity index (χ0n) is 15.9. The Kier molecular flexibility index (Phi) is 6.49. The molecule has 0 aromatic heterocycles. The number of nitrogens with zero attached hydrogens (tertiary/aromatic N) is 2. The molecule has 3 rings (SSSR count). The van der Waals surface area contributed by atoms with Crippen molar-refractivity contribution < 1.29 is 13.3 Å². The summed E-state index contributed by atoms with van der Waals surface area (Å²) in [5.41, 5.74) is 4.63. The van der Waals surface area contributed by atoms with Crippen LogP contribution in [0.3, 0.4) is 0 Å².